The van der Waals surface area contributed by atoms with Crippen molar-refractivity contribution in [1.82, 2.24) is 10.4 Å². The van der Waals surface area contributed by atoms with E-state index in [1.54, 1.807) is 30.8 Å². The topological polar surface area (TPSA) is 54.4 Å². The number of benzene rings is 1. The summed E-state index contributed by atoms with van der Waals surface area (Å²) >= 11 is 0. The van der Waals surface area contributed by atoms with Crippen LogP contribution in [-0.2, 0) is 6.42 Å². The predicted octanol–water partition coefficient (Wildman–Crippen LogP) is 2.57. The molecule has 1 heterocycles. The average Bonchev–Trinajstić information content (AvgIpc) is 2.49. The summed E-state index contributed by atoms with van der Waals surface area (Å²) < 4.78 is 0. The number of nitrogens with zero attached hydrogens (tertiary/aromatic N) is 2. The number of nitrogens with one attached hydrogen (secondary N) is 1. The van der Waals surface area contributed by atoms with Gasteiger partial charge in [0.2, 0.25) is 0 Å². The zero-order chi connectivity index (χ0) is 14.2. The van der Waals surface area contributed by atoms with Crippen LogP contribution in [-0.4, -0.2) is 17.1 Å². The van der Waals surface area contributed by atoms with Crippen molar-refractivity contribution < 1.29 is 4.79 Å². The molecule has 0 aliphatic carbocycles. The standard InChI is InChI=1S/C16H15N3O/c1-2-6-14-8-3-4-9-15(14)16(20)19-18-12-13-7-5-10-17-11-13/h2-5,7-12H,1,6H2,(H,19,20)/b18-12-. The van der Waals surface area contributed by atoms with Gasteiger partial charge in [-0.15, -0.1) is 6.58 Å². The van der Waals surface area contributed by atoms with E-state index in [4.69, 9.17) is 0 Å². The van der Waals surface area contributed by atoms with Crippen molar-refractivity contribution in [2.24, 2.45) is 5.10 Å². The third-order valence-electron chi connectivity index (χ3n) is 2.69. The van der Waals surface area contributed by atoms with Gasteiger partial charge in [-0.3, -0.25) is 9.78 Å². The van der Waals surface area contributed by atoms with Crippen LogP contribution in [0.15, 0.2) is 66.5 Å². The highest BCUT2D eigenvalue weighted by molar-refractivity contribution is 5.96. The smallest absolute Gasteiger partial charge is 0.267 e. The first kappa shape index (κ1) is 13.7. The molecule has 20 heavy (non-hydrogen) atoms. The fourth-order valence-electron chi connectivity index (χ4n) is 1.75. The Morgan fingerprint density at radius 1 is 1.30 bits per heavy atom. The summed E-state index contributed by atoms with van der Waals surface area (Å²) in [6, 6.07) is 11.1. The van der Waals surface area contributed by atoms with Gasteiger partial charge < -0.3 is 0 Å². The molecule has 2 aromatic rings. The molecule has 0 bridgehead atoms. The van der Waals surface area contributed by atoms with E-state index in [1.165, 1.54) is 0 Å². The van der Waals surface area contributed by atoms with E-state index < -0.39 is 0 Å². The molecule has 0 aliphatic rings. The molecule has 1 aromatic heterocycles. The summed E-state index contributed by atoms with van der Waals surface area (Å²) in [6.45, 7) is 3.69. The minimum Gasteiger partial charge on any atom is -0.267 e. The normalized spacial score (nSPS) is 10.4. The van der Waals surface area contributed by atoms with Gasteiger partial charge in [-0.05, 0) is 24.1 Å². The van der Waals surface area contributed by atoms with Gasteiger partial charge in [-0.2, -0.15) is 5.10 Å². The largest absolute Gasteiger partial charge is 0.271 e. The summed E-state index contributed by atoms with van der Waals surface area (Å²) in [5, 5.41) is 3.93. The molecular weight excluding hydrogens is 250 g/mol. The fraction of sp³-hybridized carbons (Fsp3) is 0.0625. The number of carbonyl (C=O) groups excluding carboxylic acids is 1. The Morgan fingerprint density at radius 2 is 2.15 bits per heavy atom. The van der Waals surface area contributed by atoms with Gasteiger partial charge in [-0.25, -0.2) is 5.43 Å². The number of pyridine rings is 1. The summed E-state index contributed by atoms with van der Waals surface area (Å²) in [5.41, 5.74) is 4.88. The minimum atomic E-state index is -0.234. The zero-order valence-corrected chi connectivity index (χ0v) is 11.0. The number of hydrazone groups is 1. The SMILES string of the molecule is C=CCc1ccccc1C(=O)N/N=C\c1cccnc1. The molecule has 1 amide bonds. The number of allylic oxidation sites excluding steroid dienone is 1. The molecule has 1 N–H and O–H groups in total. The lowest BCUT2D eigenvalue weighted by molar-refractivity contribution is 0.0954. The van der Waals surface area contributed by atoms with Crippen molar-refractivity contribution in [2.75, 3.05) is 0 Å². The van der Waals surface area contributed by atoms with Crippen molar-refractivity contribution in [3.8, 4) is 0 Å². The number of amides is 1. The number of rotatable bonds is 5. The number of carbonyl (C=O) groups is 1. The molecule has 2 rings (SSSR count). The predicted molar refractivity (Wildman–Crippen MR) is 79.6 cm³/mol. The van der Waals surface area contributed by atoms with Crippen LogP contribution in [0.1, 0.15) is 21.5 Å². The van der Waals surface area contributed by atoms with Gasteiger partial charge in [0.1, 0.15) is 0 Å². The highest BCUT2D eigenvalue weighted by atomic mass is 16.2. The Balaban J connectivity index is 2.05. The van der Waals surface area contributed by atoms with E-state index in [9.17, 15) is 4.79 Å². The molecule has 1 aromatic carbocycles. The summed E-state index contributed by atoms with van der Waals surface area (Å²) in [5.74, 6) is -0.234. The molecule has 4 nitrogen and oxygen atoms in total. The van der Waals surface area contributed by atoms with Crippen LogP contribution in [0.4, 0.5) is 0 Å². The maximum Gasteiger partial charge on any atom is 0.271 e. The summed E-state index contributed by atoms with van der Waals surface area (Å²) in [7, 11) is 0. The van der Waals surface area contributed by atoms with Crippen LogP contribution in [0.3, 0.4) is 0 Å². The van der Waals surface area contributed by atoms with E-state index in [0.29, 0.717) is 12.0 Å². The Hall–Kier alpha value is -2.75. The maximum atomic E-state index is 12.1. The van der Waals surface area contributed by atoms with Gasteiger partial charge >= 0.3 is 0 Å². The van der Waals surface area contributed by atoms with Gasteiger partial charge in [0.25, 0.3) is 5.91 Å². The van der Waals surface area contributed by atoms with E-state index in [2.05, 4.69) is 22.1 Å². The molecule has 4 heteroatoms. The van der Waals surface area contributed by atoms with E-state index in [0.717, 1.165) is 11.1 Å². The molecule has 0 saturated carbocycles. The minimum absolute atomic E-state index is 0.234. The van der Waals surface area contributed by atoms with Gasteiger partial charge in [0.15, 0.2) is 0 Å². The Bertz CT molecular complexity index is 621. The Morgan fingerprint density at radius 3 is 2.90 bits per heavy atom. The lowest BCUT2D eigenvalue weighted by Gasteiger charge is -2.05. The molecule has 0 radical (unpaired) electrons. The third kappa shape index (κ3) is 3.62. The first-order chi connectivity index (χ1) is 9.81. The molecule has 0 spiro atoms. The number of hydrogen-bond acceptors (Lipinski definition) is 3. The van der Waals surface area contributed by atoms with Crippen molar-refractivity contribution in [3.63, 3.8) is 0 Å². The molecule has 0 saturated heterocycles. The summed E-state index contributed by atoms with van der Waals surface area (Å²) in [4.78, 5) is 16.0. The van der Waals surface area contributed by atoms with Gasteiger partial charge in [-0.1, -0.05) is 30.3 Å². The van der Waals surface area contributed by atoms with Crippen LogP contribution in [0, 0.1) is 0 Å². The van der Waals surface area contributed by atoms with Crippen LogP contribution >= 0.6 is 0 Å². The van der Waals surface area contributed by atoms with Crippen LogP contribution in [0.2, 0.25) is 0 Å². The molecule has 0 unspecified atom stereocenters. The van der Waals surface area contributed by atoms with E-state index in [-0.39, 0.29) is 5.91 Å². The highest BCUT2D eigenvalue weighted by Crippen LogP contribution is 2.09. The second kappa shape index (κ2) is 6.99. The van der Waals surface area contributed by atoms with E-state index in [1.807, 2.05) is 30.3 Å². The average molecular weight is 265 g/mol. The monoisotopic (exact) mass is 265 g/mol. The zero-order valence-electron chi connectivity index (χ0n) is 11.0. The van der Waals surface area contributed by atoms with Crippen LogP contribution in [0.25, 0.3) is 0 Å². The van der Waals surface area contributed by atoms with Crippen molar-refractivity contribution in [1.29, 1.82) is 0 Å². The molecular formula is C16H15N3O. The molecule has 0 atom stereocenters. The van der Waals surface area contributed by atoms with Crippen molar-refractivity contribution >= 4 is 12.1 Å². The maximum absolute atomic E-state index is 12.1. The quantitative estimate of drug-likeness (QED) is 0.513. The Kier molecular flexibility index (Phi) is 4.78. The second-order valence-electron chi connectivity index (χ2n) is 4.14. The van der Waals surface area contributed by atoms with Crippen molar-refractivity contribution in [3.05, 3.63) is 78.1 Å². The lowest BCUT2D eigenvalue weighted by Crippen LogP contribution is -2.19. The van der Waals surface area contributed by atoms with Crippen LogP contribution in [0.5, 0.6) is 0 Å². The summed E-state index contributed by atoms with van der Waals surface area (Å²) in [6.07, 6.45) is 7.32. The molecule has 100 valence electrons. The number of aromatic nitrogens is 1. The van der Waals surface area contributed by atoms with Crippen LogP contribution < -0.4 is 5.43 Å². The first-order valence-electron chi connectivity index (χ1n) is 6.23. The third-order valence-corrected chi connectivity index (χ3v) is 2.69. The van der Waals surface area contributed by atoms with Crippen molar-refractivity contribution in [2.45, 2.75) is 6.42 Å². The second-order valence-corrected chi connectivity index (χ2v) is 4.14. The van der Waals surface area contributed by atoms with Gasteiger partial charge in [0, 0.05) is 23.5 Å². The lowest BCUT2D eigenvalue weighted by atomic mass is 10.0. The Labute approximate surface area is 117 Å². The van der Waals surface area contributed by atoms with Gasteiger partial charge in [0.05, 0.1) is 6.21 Å². The molecule has 0 aliphatic heterocycles. The first-order valence-corrected chi connectivity index (χ1v) is 6.23. The highest BCUT2D eigenvalue weighted by Gasteiger charge is 2.08. The number of hydrogen-bond donors (Lipinski definition) is 1. The fourth-order valence-corrected chi connectivity index (χ4v) is 1.75. The van der Waals surface area contributed by atoms with E-state index >= 15 is 0 Å². The molecule has 0 fully saturated rings.